The molecule has 2 aromatic carbocycles. The molecule has 0 unspecified atom stereocenters. The molecule has 30 heavy (non-hydrogen) atoms. The van der Waals surface area contributed by atoms with Crippen molar-refractivity contribution in [2.24, 2.45) is 0 Å². The molecule has 5 nitrogen and oxygen atoms in total. The van der Waals surface area contributed by atoms with Gasteiger partial charge in [0.25, 0.3) is 11.8 Å². The highest BCUT2D eigenvalue weighted by Crippen LogP contribution is 2.41. The van der Waals surface area contributed by atoms with Gasteiger partial charge in [-0.05, 0) is 60.4 Å². The average Bonchev–Trinajstić information content (AvgIpc) is 3.70. The summed E-state index contributed by atoms with van der Waals surface area (Å²) >= 11 is 0. The molecule has 6 heteroatoms. The average molecular weight is 408 g/mol. The molecule has 1 aliphatic heterocycles. The van der Waals surface area contributed by atoms with Crippen molar-refractivity contribution in [1.29, 1.82) is 0 Å². The second kappa shape index (κ2) is 7.20. The van der Waals surface area contributed by atoms with Gasteiger partial charge in [-0.3, -0.25) is 9.59 Å². The lowest BCUT2D eigenvalue weighted by molar-refractivity contribution is -0.143. The Hall–Kier alpha value is -2.73. The fraction of sp³-hybridized carbons (Fsp3) is 0.417. The Morgan fingerprint density at radius 3 is 2.23 bits per heavy atom. The first kappa shape index (κ1) is 19.2. The molecule has 3 fully saturated rings. The van der Waals surface area contributed by atoms with E-state index in [9.17, 15) is 19.1 Å². The number of nitrogens with zero attached hydrogens (tertiary/aromatic N) is 2. The Morgan fingerprint density at radius 1 is 0.933 bits per heavy atom. The van der Waals surface area contributed by atoms with Crippen molar-refractivity contribution in [3.05, 3.63) is 59.4 Å². The first-order valence-corrected chi connectivity index (χ1v) is 10.7. The van der Waals surface area contributed by atoms with E-state index in [0.717, 1.165) is 11.1 Å². The number of hydrogen-bond donors (Lipinski definition) is 1. The van der Waals surface area contributed by atoms with Crippen LogP contribution >= 0.6 is 0 Å². The number of carbonyl (C=O) groups excluding carboxylic acids is 2. The van der Waals surface area contributed by atoms with Crippen LogP contribution in [-0.2, 0) is 4.79 Å². The van der Waals surface area contributed by atoms with E-state index >= 15 is 0 Å². The predicted molar refractivity (Wildman–Crippen MR) is 110 cm³/mol. The molecule has 1 saturated heterocycles. The van der Waals surface area contributed by atoms with Crippen LogP contribution in [0.2, 0.25) is 0 Å². The largest absolute Gasteiger partial charge is 0.380 e. The SMILES string of the molecule is O=C(c1ccc(-c2cccc(C3CC3)c2)cc1F)N1CCN(C(=O)C2(O)CC2)CC1. The second-order valence-electron chi connectivity index (χ2n) is 8.71. The Balaban J connectivity index is 1.27. The van der Waals surface area contributed by atoms with E-state index in [-0.39, 0.29) is 17.4 Å². The summed E-state index contributed by atoms with van der Waals surface area (Å²) in [6.45, 7) is 1.40. The summed E-state index contributed by atoms with van der Waals surface area (Å²) in [5.74, 6) is -0.511. The van der Waals surface area contributed by atoms with Crippen LogP contribution in [0.5, 0.6) is 0 Å². The number of hydrogen-bond acceptors (Lipinski definition) is 3. The Kier molecular flexibility index (Phi) is 4.62. The van der Waals surface area contributed by atoms with Crippen LogP contribution in [0, 0.1) is 5.82 Å². The van der Waals surface area contributed by atoms with Gasteiger partial charge in [0.05, 0.1) is 5.56 Å². The van der Waals surface area contributed by atoms with E-state index in [1.807, 2.05) is 12.1 Å². The van der Waals surface area contributed by atoms with Crippen LogP contribution in [0.3, 0.4) is 0 Å². The van der Waals surface area contributed by atoms with E-state index in [4.69, 9.17) is 0 Å². The predicted octanol–water partition coefficient (Wildman–Crippen LogP) is 3.18. The van der Waals surface area contributed by atoms with Gasteiger partial charge >= 0.3 is 0 Å². The van der Waals surface area contributed by atoms with Crippen LogP contribution in [0.4, 0.5) is 4.39 Å². The Bertz CT molecular complexity index is 1010. The first-order chi connectivity index (χ1) is 14.4. The van der Waals surface area contributed by atoms with Gasteiger partial charge in [-0.2, -0.15) is 0 Å². The lowest BCUT2D eigenvalue weighted by atomic mass is 9.99. The number of piperazine rings is 1. The lowest BCUT2D eigenvalue weighted by Gasteiger charge is -2.35. The van der Waals surface area contributed by atoms with E-state index in [0.29, 0.717) is 44.9 Å². The minimum absolute atomic E-state index is 0.0534. The third-order valence-electron chi connectivity index (χ3n) is 6.44. The van der Waals surface area contributed by atoms with Crippen LogP contribution in [0.25, 0.3) is 11.1 Å². The van der Waals surface area contributed by atoms with Crippen molar-refractivity contribution in [1.82, 2.24) is 9.80 Å². The smallest absolute Gasteiger partial charge is 0.256 e. The highest BCUT2D eigenvalue weighted by atomic mass is 19.1. The molecule has 0 bridgehead atoms. The number of benzene rings is 2. The molecule has 1 heterocycles. The van der Waals surface area contributed by atoms with Gasteiger partial charge < -0.3 is 14.9 Å². The third kappa shape index (κ3) is 3.60. The van der Waals surface area contributed by atoms with Crippen LogP contribution < -0.4 is 0 Å². The summed E-state index contributed by atoms with van der Waals surface area (Å²) in [6, 6.07) is 13.0. The van der Waals surface area contributed by atoms with Crippen LogP contribution in [-0.4, -0.2) is 58.5 Å². The topological polar surface area (TPSA) is 60.9 Å². The van der Waals surface area contributed by atoms with E-state index in [2.05, 4.69) is 12.1 Å². The molecule has 1 N–H and O–H groups in total. The van der Waals surface area contributed by atoms with Crippen molar-refractivity contribution < 1.29 is 19.1 Å². The summed E-state index contributed by atoms with van der Waals surface area (Å²) in [4.78, 5) is 28.3. The monoisotopic (exact) mass is 408 g/mol. The summed E-state index contributed by atoms with van der Waals surface area (Å²) in [5, 5.41) is 9.99. The summed E-state index contributed by atoms with van der Waals surface area (Å²) in [7, 11) is 0. The maximum absolute atomic E-state index is 14.8. The molecule has 0 atom stereocenters. The molecular formula is C24H25FN2O3. The first-order valence-electron chi connectivity index (χ1n) is 10.7. The molecule has 2 amide bonds. The number of rotatable bonds is 4. The van der Waals surface area contributed by atoms with Crippen molar-refractivity contribution in [3.8, 4) is 11.1 Å². The number of carbonyl (C=O) groups is 2. The quantitative estimate of drug-likeness (QED) is 0.845. The lowest BCUT2D eigenvalue weighted by Crippen LogP contribution is -2.53. The maximum atomic E-state index is 14.8. The van der Waals surface area contributed by atoms with Gasteiger partial charge in [0.1, 0.15) is 11.4 Å². The fourth-order valence-corrected chi connectivity index (χ4v) is 4.17. The zero-order chi connectivity index (χ0) is 20.9. The molecule has 0 radical (unpaired) electrons. The highest BCUT2D eigenvalue weighted by molar-refractivity contribution is 5.95. The zero-order valence-electron chi connectivity index (χ0n) is 16.8. The molecule has 2 aromatic rings. The van der Waals surface area contributed by atoms with Gasteiger partial charge in [0.2, 0.25) is 0 Å². The minimum Gasteiger partial charge on any atom is -0.380 e. The molecule has 0 aromatic heterocycles. The molecule has 3 aliphatic rings. The molecule has 5 rings (SSSR count). The fourth-order valence-electron chi connectivity index (χ4n) is 4.17. The van der Waals surface area contributed by atoms with E-state index in [1.165, 1.54) is 24.5 Å². The molecule has 2 aliphatic carbocycles. The van der Waals surface area contributed by atoms with Gasteiger partial charge in [0, 0.05) is 26.2 Å². The van der Waals surface area contributed by atoms with Gasteiger partial charge in [-0.1, -0.05) is 30.3 Å². The van der Waals surface area contributed by atoms with E-state index in [1.54, 1.807) is 21.9 Å². The number of amides is 2. The Labute approximate surface area is 175 Å². The normalized spacial score (nSPS) is 20.2. The molecular weight excluding hydrogens is 383 g/mol. The summed E-state index contributed by atoms with van der Waals surface area (Å²) < 4.78 is 14.8. The zero-order valence-corrected chi connectivity index (χ0v) is 16.8. The maximum Gasteiger partial charge on any atom is 0.256 e. The van der Waals surface area contributed by atoms with Gasteiger partial charge in [-0.15, -0.1) is 0 Å². The molecule has 0 spiro atoms. The van der Waals surface area contributed by atoms with Crippen molar-refractivity contribution >= 4 is 11.8 Å². The Morgan fingerprint density at radius 2 is 1.60 bits per heavy atom. The van der Waals surface area contributed by atoms with Crippen molar-refractivity contribution in [2.45, 2.75) is 37.2 Å². The van der Waals surface area contributed by atoms with Crippen LogP contribution in [0.15, 0.2) is 42.5 Å². The third-order valence-corrected chi connectivity index (χ3v) is 6.44. The number of aliphatic hydroxyl groups is 1. The van der Waals surface area contributed by atoms with Crippen molar-refractivity contribution in [3.63, 3.8) is 0 Å². The van der Waals surface area contributed by atoms with Gasteiger partial charge in [0.15, 0.2) is 0 Å². The van der Waals surface area contributed by atoms with Crippen molar-refractivity contribution in [2.75, 3.05) is 26.2 Å². The highest BCUT2D eigenvalue weighted by Gasteiger charge is 2.50. The standard InChI is InChI=1S/C24H25FN2O3/c25-21-15-19(18-3-1-2-17(14-18)16-4-5-16)6-7-20(21)22(28)26-10-12-27(13-11-26)23(29)24(30)8-9-24/h1-3,6-7,14-16,30H,4-5,8-13H2. The second-order valence-corrected chi connectivity index (χ2v) is 8.71. The van der Waals surface area contributed by atoms with Gasteiger partial charge in [-0.25, -0.2) is 4.39 Å². The van der Waals surface area contributed by atoms with E-state index < -0.39 is 11.4 Å². The minimum atomic E-state index is -1.19. The summed E-state index contributed by atoms with van der Waals surface area (Å²) in [6.07, 6.45) is 3.44. The van der Waals surface area contributed by atoms with Crippen LogP contribution in [0.1, 0.15) is 47.5 Å². The number of halogens is 1. The molecule has 2 saturated carbocycles. The molecule has 156 valence electrons. The summed E-state index contributed by atoms with van der Waals surface area (Å²) in [5.41, 5.74) is 1.88.